The van der Waals surface area contributed by atoms with Gasteiger partial charge in [-0.2, -0.15) is 13.2 Å². The molecule has 0 amide bonds. The molecule has 15 heavy (non-hydrogen) atoms. The molecule has 0 unspecified atom stereocenters. The van der Waals surface area contributed by atoms with E-state index in [1.165, 1.54) is 4.90 Å². The highest BCUT2D eigenvalue weighted by Crippen LogP contribution is 2.15. The van der Waals surface area contributed by atoms with Crippen LogP contribution < -0.4 is 5.32 Å². The van der Waals surface area contributed by atoms with Crippen molar-refractivity contribution >= 4 is 0 Å². The number of halogens is 3. The third-order valence-corrected chi connectivity index (χ3v) is 1.93. The maximum atomic E-state index is 12.1. The summed E-state index contributed by atoms with van der Waals surface area (Å²) in [5.74, 6) is 0. The Morgan fingerprint density at radius 3 is 2.00 bits per heavy atom. The molecular weight excluding hydrogens is 205 g/mol. The van der Waals surface area contributed by atoms with Crippen molar-refractivity contribution < 1.29 is 13.2 Å². The van der Waals surface area contributed by atoms with E-state index in [0.717, 1.165) is 0 Å². The van der Waals surface area contributed by atoms with Gasteiger partial charge in [-0.05, 0) is 27.3 Å². The Labute approximate surface area is 89.8 Å². The second kappa shape index (κ2) is 5.70. The van der Waals surface area contributed by atoms with Gasteiger partial charge in [-0.15, -0.1) is 0 Å². The smallest absolute Gasteiger partial charge is 0.311 e. The van der Waals surface area contributed by atoms with Crippen LogP contribution in [0.2, 0.25) is 0 Å². The molecule has 0 aromatic heterocycles. The molecule has 0 spiro atoms. The molecule has 0 aliphatic rings. The van der Waals surface area contributed by atoms with E-state index >= 15 is 0 Å². The third-order valence-electron chi connectivity index (χ3n) is 1.93. The van der Waals surface area contributed by atoms with Crippen LogP contribution in [0.5, 0.6) is 0 Å². The average molecular weight is 226 g/mol. The number of likely N-dealkylation sites (N-methyl/N-ethyl adjacent to an activating group) is 1. The van der Waals surface area contributed by atoms with E-state index in [-0.39, 0.29) is 5.54 Å². The molecule has 92 valence electrons. The Bertz CT molecular complexity index is 172. The summed E-state index contributed by atoms with van der Waals surface area (Å²) in [6.45, 7) is 8.32. The Kier molecular flexibility index (Phi) is 5.59. The zero-order chi connectivity index (χ0) is 12.1. The summed E-state index contributed by atoms with van der Waals surface area (Å²) in [6, 6.07) is 0. The van der Waals surface area contributed by atoms with Crippen molar-refractivity contribution in [2.24, 2.45) is 0 Å². The number of alkyl halides is 3. The van der Waals surface area contributed by atoms with Crippen molar-refractivity contribution in [1.82, 2.24) is 10.2 Å². The summed E-state index contributed by atoms with van der Waals surface area (Å²) in [5, 5.41) is 3.16. The number of nitrogens with zero attached hydrogens (tertiary/aromatic N) is 1. The van der Waals surface area contributed by atoms with Gasteiger partial charge in [-0.1, -0.05) is 6.92 Å². The molecule has 0 fully saturated rings. The second-order valence-corrected chi connectivity index (χ2v) is 4.66. The first-order chi connectivity index (χ1) is 6.64. The van der Waals surface area contributed by atoms with E-state index in [4.69, 9.17) is 0 Å². The van der Waals surface area contributed by atoms with Gasteiger partial charge in [0.25, 0.3) is 0 Å². The number of hydrogen-bond acceptors (Lipinski definition) is 2. The quantitative estimate of drug-likeness (QED) is 0.773. The third kappa shape index (κ3) is 10.0. The highest BCUT2D eigenvalue weighted by atomic mass is 19.4. The topological polar surface area (TPSA) is 15.3 Å². The van der Waals surface area contributed by atoms with Crippen LogP contribution in [0.4, 0.5) is 13.2 Å². The summed E-state index contributed by atoms with van der Waals surface area (Å²) in [7, 11) is 0. The summed E-state index contributed by atoms with van der Waals surface area (Å²) in [5.41, 5.74) is -0.0440. The minimum absolute atomic E-state index is 0.0440. The fourth-order valence-corrected chi connectivity index (χ4v) is 1.19. The minimum atomic E-state index is -4.10. The van der Waals surface area contributed by atoms with Crippen molar-refractivity contribution in [2.45, 2.75) is 39.4 Å². The molecule has 0 aliphatic heterocycles. The lowest BCUT2D eigenvalue weighted by atomic mass is 10.1. The van der Waals surface area contributed by atoms with Crippen LogP contribution in [0.25, 0.3) is 0 Å². The molecule has 5 heteroatoms. The fourth-order valence-electron chi connectivity index (χ4n) is 1.19. The lowest BCUT2D eigenvalue weighted by molar-refractivity contribution is -0.145. The van der Waals surface area contributed by atoms with Crippen LogP contribution in [0.3, 0.4) is 0 Å². The maximum absolute atomic E-state index is 12.1. The fraction of sp³-hybridized carbons (Fsp3) is 1.00. The second-order valence-electron chi connectivity index (χ2n) is 4.66. The van der Waals surface area contributed by atoms with Gasteiger partial charge in [-0.3, -0.25) is 4.90 Å². The zero-order valence-electron chi connectivity index (χ0n) is 9.91. The monoisotopic (exact) mass is 226 g/mol. The highest BCUT2D eigenvalue weighted by Gasteiger charge is 2.29. The van der Waals surface area contributed by atoms with Crippen molar-refractivity contribution in [3.05, 3.63) is 0 Å². The van der Waals surface area contributed by atoms with E-state index in [9.17, 15) is 13.2 Å². The first kappa shape index (κ1) is 14.7. The largest absolute Gasteiger partial charge is 0.401 e. The van der Waals surface area contributed by atoms with Gasteiger partial charge in [0.05, 0.1) is 6.54 Å². The molecule has 0 saturated heterocycles. The molecule has 0 aliphatic carbocycles. The van der Waals surface area contributed by atoms with Crippen LogP contribution >= 0.6 is 0 Å². The first-order valence-electron chi connectivity index (χ1n) is 5.18. The summed E-state index contributed by atoms with van der Waals surface area (Å²) < 4.78 is 36.3. The Morgan fingerprint density at radius 2 is 1.67 bits per heavy atom. The molecule has 0 radical (unpaired) electrons. The average Bonchev–Trinajstić information content (AvgIpc) is 1.97. The lowest BCUT2D eigenvalue weighted by Gasteiger charge is -2.25. The number of rotatable bonds is 5. The van der Waals surface area contributed by atoms with E-state index in [1.54, 1.807) is 6.92 Å². The molecule has 0 rings (SSSR count). The maximum Gasteiger partial charge on any atom is 0.401 e. The highest BCUT2D eigenvalue weighted by molar-refractivity contribution is 4.72. The molecule has 2 nitrogen and oxygen atoms in total. The van der Waals surface area contributed by atoms with Crippen LogP contribution in [0, 0.1) is 0 Å². The lowest BCUT2D eigenvalue weighted by Crippen LogP contribution is -2.43. The molecule has 0 heterocycles. The van der Waals surface area contributed by atoms with Gasteiger partial charge in [-0.25, -0.2) is 0 Å². The van der Waals surface area contributed by atoms with Crippen LogP contribution in [-0.4, -0.2) is 42.8 Å². The Hall–Kier alpha value is -0.290. The molecule has 0 saturated carbocycles. The van der Waals surface area contributed by atoms with Crippen LogP contribution in [0.1, 0.15) is 27.7 Å². The van der Waals surface area contributed by atoms with Gasteiger partial charge in [0, 0.05) is 18.6 Å². The van der Waals surface area contributed by atoms with Crippen LogP contribution in [-0.2, 0) is 0 Å². The molecule has 0 bridgehead atoms. The van der Waals surface area contributed by atoms with E-state index in [1.807, 2.05) is 20.8 Å². The van der Waals surface area contributed by atoms with Gasteiger partial charge in [0.1, 0.15) is 0 Å². The normalized spacial score (nSPS) is 13.6. The Balaban J connectivity index is 3.82. The number of hydrogen-bond donors (Lipinski definition) is 1. The Morgan fingerprint density at radius 1 is 1.13 bits per heavy atom. The van der Waals surface area contributed by atoms with Crippen molar-refractivity contribution in [3.63, 3.8) is 0 Å². The summed E-state index contributed by atoms with van der Waals surface area (Å²) >= 11 is 0. The predicted molar refractivity (Wildman–Crippen MR) is 55.9 cm³/mol. The standard InChI is InChI=1S/C10H21F3N2/c1-5-15(8-10(11,12)13)7-6-14-9(2,3)4/h14H,5-8H2,1-4H3. The van der Waals surface area contributed by atoms with Gasteiger partial charge in [0.2, 0.25) is 0 Å². The van der Waals surface area contributed by atoms with Crippen molar-refractivity contribution in [3.8, 4) is 0 Å². The van der Waals surface area contributed by atoms with E-state index in [0.29, 0.717) is 19.6 Å². The minimum Gasteiger partial charge on any atom is -0.311 e. The van der Waals surface area contributed by atoms with Crippen molar-refractivity contribution in [1.29, 1.82) is 0 Å². The van der Waals surface area contributed by atoms with E-state index in [2.05, 4.69) is 5.32 Å². The SMILES string of the molecule is CCN(CCNC(C)(C)C)CC(F)(F)F. The molecule has 0 aromatic carbocycles. The zero-order valence-corrected chi connectivity index (χ0v) is 9.91. The molecule has 1 N–H and O–H groups in total. The van der Waals surface area contributed by atoms with Gasteiger partial charge >= 0.3 is 6.18 Å². The number of nitrogens with one attached hydrogen (secondary N) is 1. The van der Waals surface area contributed by atoms with Crippen LogP contribution in [0.15, 0.2) is 0 Å². The summed E-state index contributed by atoms with van der Waals surface area (Å²) in [6.07, 6.45) is -4.10. The van der Waals surface area contributed by atoms with Crippen molar-refractivity contribution in [2.75, 3.05) is 26.2 Å². The van der Waals surface area contributed by atoms with E-state index < -0.39 is 12.7 Å². The molecule has 0 atom stereocenters. The molecular formula is C10H21F3N2. The summed E-state index contributed by atoms with van der Waals surface area (Å²) in [4.78, 5) is 1.39. The molecule has 0 aromatic rings. The first-order valence-corrected chi connectivity index (χ1v) is 5.18. The predicted octanol–water partition coefficient (Wildman–Crippen LogP) is 2.26. The van der Waals surface area contributed by atoms with Gasteiger partial charge < -0.3 is 5.32 Å². The van der Waals surface area contributed by atoms with Gasteiger partial charge in [0.15, 0.2) is 0 Å².